The lowest BCUT2D eigenvalue weighted by Crippen LogP contribution is -2.00. The van der Waals surface area contributed by atoms with Gasteiger partial charge >= 0.3 is 0 Å². The van der Waals surface area contributed by atoms with E-state index in [0.29, 0.717) is 17.0 Å². The fourth-order valence-electron chi connectivity index (χ4n) is 1.50. The van der Waals surface area contributed by atoms with E-state index >= 15 is 0 Å². The molecule has 0 amide bonds. The monoisotopic (exact) mass is 320 g/mol. The van der Waals surface area contributed by atoms with Gasteiger partial charge in [0.1, 0.15) is 11.8 Å². The molecule has 1 unspecified atom stereocenters. The fourth-order valence-corrected chi connectivity index (χ4v) is 3.52. The molecule has 1 atom stereocenters. The molecule has 0 spiro atoms. The van der Waals surface area contributed by atoms with Gasteiger partial charge in [0.2, 0.25) is 0 Å². The highest BCUT2D eigenvalue weighted by Crippen LogP contribution is 2.22. The van der Waals surface area contributed by atoms with Gasteiger partial charge in [-0.25, -0.2) is 4.98 Å². The van der Waals surface area contributed by atoms with Crippen LogP contribution in [-0.4, -0.2) is 9.19 Å². The zero-order valence-electron chi connectivity index (χ0n) is 9.34. The molecule has 0 saturated heterocycles. The number of hydrogen-bond acceptors (Lipinski definition) is 3. The number of aromatic nitrogens is 1. The third-order valence-corrected chi connectivity index (χ3v) is 4.74. The van der Waals surface area contributed by atoms with Crippen LogP contribution in [0.1, 0.15) is 11.3 Å². The second-order valence-electron chi connectivity index (χ2n) is 3.54. The summed E-state index contributed by atoms with van der Waals surface area (Å²) < 4.78 is 13.1. The summed E-state index contributed by atoms with van der Waals surface area (Å²) >= 11 is 3.37. The standard InChI is InChI=1S/C13H9BrN2OS/c14-11-5-1-2-6-13(11)18(17)9-10-4-3-7-16-12(10)8-15/h1-7H,9H2. The Labute approximate surface area is 116 Å². The topological polar surface area (TPSA) is 53.8 Å². The van der Waals surface area contributed by atoms with Crippen LogP contribution in [0, 0.1) is 11.3 Å². The number of hydrogen-bond donors (Lipinski definition) is 0. The Hall–Kier alpha value is -1.51. The zero-order valence-corrected chi connectivity index (χ0v) is 11.7. The highest BCUT2D eigenvalue weighted by Gasteiger charge is 2.11. The van der Waals surface area contributed by atoms with E-state index in [1.165, 1.54) is 0 Å². The minimum atomic E-state index is -1.20. The Morgan fingerprint density at radius 3 is 2.78 bits per heavy atom. The zero-order chi connectivity index (χ0) is 13.0. The normalized spacial score (nSPS) is 11.8. The molecule has 0 aliphatic carbocycles. The number of nitriles is 1. The van der Waals surface area contributed by atoms with Gasteiger partial charge < -0.3 is 0 Å². The Kier molecular flexibility index (Phi) is 4.24. The number of halogens is 1. The van der Waals surface area contributed by atoms with E-state index < -0.39 is 10.8 Å². The molecule has 0 aliphatic rings. The summed E-state index contributed by atoms with van der Waals surface area (Å²) in [6.45, 7) is 0. The summed E-state index contributed by atoms with van der Waals surface area (Å²) in [7, 11) is -1.20. The Balaban J connectivity index is 2.28. The van der Waals surface area contributed by atoms with Crippen LogP contribution in [0.2, 0.25) is 0 Å². The molecule has 0 N–H and O–H groups in total. The molecule has 90 valence electrons. The molecule has 1 heterocycles. The van der Waals surface area contributed by atoms with Gasteiger partial charge in [-0.2, -0.15) is 5.26 Å². The summed E-state index contributed by atoms with van der Waals surface area (Å²) in [5.41, 5.74) is 1.03. The lowest BCUT2D eigenvalue weighted by Gasteiger charge is -2.05. The first-order valence-corrected chi connectivity index (χ1v) is 7.30. The molecule has 2 aromatic rings. The lowest BCUT2D eigenvalue weighted by molar-refractivity contribution is 0.682. The number of rotatable bonds is 3. The second-order valence-corrected chi connectivity index (χ2v) is 5.82. The largest absolute Gasteiger partial charge is 0.254 e. The number of benzene rings is 1. The summed E-state index contributed by atoms with van der Waals surface area (Å²) in [6, 6.07) is 12.9. The van der Waals surface area contributed by atoms with Gasteiger partial charge in [-0.15, -0.1) is 0 Å². The van der Waals surface area contributed by atoms with Crippen molar-refractivity contribution in [1.29, 1.82) is 5.26 Å². The molecular formula is C13H9BrN2OS. The van der Waals surface area contributed by atoms with E-state index in [4.69, 9.17) is 5.26 Å². The first-order chi connectivity index (χ1) is 8.72. The predicted molar refractivity (Wildman–Crippen MR) is 73.2 cm³/mol. The number of pyridine rings is 1. The van der Waals surface area contributed by atoms with Gasteiger partial charge in [-0.05, 0) is 34.1 Å². The maximum atomic E-state index is 12.2. The van der Waals surface area contributed by atoms with E-state index in [0.717, 1.165) is 9.37 Å². The average molecular weight is 321 g/mol. The molecule has 0 radical (unpaired) electrons. The van der Waals surface area contributed by atoms with Crippen molar-refractivity contribution in [3.8, 4) is 6.07 Å². The van der Waals surface area contributed by atoms with Crippen LogP contribution < -0.4 is 0 Å². The van der Waals surface area contributed by atoms with E-state index in [1.54, 1.807) is 18.3 Å². The van der Waals surface area contributed by atoms with Gasteiger partial charge in [-0.3, -0.25) is 4.21 Å². The molecule has 3 nitrogen and oxygen atoms in total. The van der Waals surface area contributed by atoms with Crippen LogP contribution >= 0.6 is 15.9 Å². The smallest absolute Gasteiger partial charge is 0.144 e. The minimum Gasteiger partial charge on any atom is -0.254 e. The van der Waals surface area contributed by atoms with Crippen LogP contribution in [0.25, 0.3) is 0 Å². The molecular weight excluding hydrogens is 312 g/mol. The minimum absolute atomic E-state index is 0.291. The second kappa shape index (κ2) is 5.89. The van der Waals surface area contributed by atoms with Crippen molar-refractivity contribution in [3.63, 3.8) is 0 Å². The molecule has 0 fully saturated rings. The van der Waals surface area contributed by atoms with E-state index in [2.05, 4.69) is 20.9 Å². The van der Waals surface area contributed by atoms with Gasteiger partial charge in [0.25, 0.3) is 0 Å². The van der Waals surface area contributed by atoms with Crippen LogP contribution in [0.4, 0.5) is 0 Å². The molecule has 2 rings (SSSR count). The van der Waals surface area contributed by atoms with E-state index in [1.807, 2.05) is 30.3 Å². The molecule has 18 heavy (non-hydrogen) atoms. The van der Waals surface area contributed by atoms with Crippen molar-refractivity contribution >= 4 is 26.7 Å². The Morgan fingerprint density at radius 2 is 2.06 bits per heavy atom. The van der Waals surface area contributed by atoms with Crippen LogP contribution in [-0.2, 0) is 16.6 Å². The van der Waals surface area contributed by atoms with Crippen molar-refractivity contribution in [2.45, 2.75) is 10.6 Å². The van der Waals surface area contributed by atoms with Crippen molar-refractivity contribution in [3.05, 3.63) is 58.3 Å². The molecule has 1 aromatic carbocycles. The van der Waals surface area contributed by atoms with Crippen LogP contribution in [0.5, 0.6) is 0 Å². The number of nitrogens with zero attached hydrogens (tertiary/aromatic N) is 2. The maximum Gasteiger partial charge on any atom is 0.144 e. The lowest BCUT2D eigenvalue weighted by atomic mass is 10.2. The van der Waals surface area contributed by atoms with Crippen molar-refractivity contribution < 1.29 is 4.21 Å². The first-order valence-electron chi connectivity index (χ1n) is 5.19. The average Bonchev–Trinajstić information content (AvgIpc) is 2.39. The summed E-state index contributed by atoms with van der Waals surface area (Å²) in [6.07, 6.45) is 1.56. The summed E-state index contributed by atoms with van der Waals surface area (Å²) in [5, 5.41) is 8.94. The molecule has 0 aliphatic heterocycles. The summed E-state index contributed by atoms with van der Waals surface area (Å²) in [5.74, 6) is 0.291. The van der Waals surface area contributed by atoms with Crippen LogP contribution in [0.3, 0.4) is 0 Å². The Morgan fingerprint density at radius 1 is 1.28 bits per heavy atom. The van der Waals surface area contributed by atoms with Crippen molar-refractivity contribution in [2.24, 2.45) is 0 Å². The summed E-state index contributed by atoms with van der Waals surface area (Å²) in [4.78, 5) is 4.69. The van der Waals surface area contributed by atoms with Gasteiger partial charge in [0, 0.05) is 16.2 Å². The predicted octanol–water partition coefficient (Wildman–Crippen LogP) is 3.02. The van der Waals surface area contributed by atoms with Gasteiger partial charge in [-0.1, -0.05) is 18.2 Å². The van der Waals surface area contributed by atoms with Crippen molar-refractivity contribution in [2.75, 3.05) is 0 Å². The molecule has 0 saturated carbocycles. The molecule has 1 aromatic heterocycles. The molecule has 5 heteroatoms. The maximum absolute atomic E-state index is 12.2. The highest BCUT2D eigenvalue weighted by atomic mass is 79.9. The SMILES string of the molecule is N#Cc1ncccc1CS(=O)c1ccccc1Br. The van der Waals surface area contributed by atoms with Crippen LogP contribution in [0.15, 0.2) is 52.0 Å². The third-order valence-electron chi connectivity index (χ3n) is 2.37. The highest BCUT2D eigenvalue weighted by molar-refractivity contribution is 9.10. The van der Waals surface area contributed by atoms with E-state index in [9.17, 15) is 4.21 Å². The Bertz CT molecular complexity index is 637. The fraction of sp³-hybridized carbons (Fsp3) is 0.0769. The quantitative estimate of drug-likeness (QED) is 0.873. The first kappa shape index (κ1) is 12.9. The van der Waals surface area contributed by atoms with E-state index in [-0.39, 0.29) is 0 Å². The van der Waals surface area contributed by atoms with Gasteiger partial charge in [0.15, 0.2) is 0 Å². The molecule has 0 bridgehead atoms. The van der Waals surface area contributed by atoms with Crippen molar-refractivity contribution in [1.82, 2.24) is 4.98 Å². The third kappa shape index (κ3) is 2.84. The van der Waals surface area contributed by atoms with Gasteiger partial charge in [0.05, 0.1) is 21.4 Å².